The van der Waals surface area contributed by atoms with Crippen LogP contribution in [0.5, 0.6) is 5.75 Å². The maximum atomic E-state index is 13.1. The number of carbonyl (C=O) groups excluding carboxylic acids is 1. The summed E-state index contributed by atoms with van der Waals surface area (Å²) >= 11 is 0. The minimum atomic E-state index is -0.270. The Morgan fingerprint density at radius 2 is 2.00 bits per heavy atom. The summed E-state index contributed by atoms with van der Waals surface area (Å²) in [6, 6.07) is 12.4. The van der Waals surface area contributed by atoms with Crippen LogP contribution >= 0.6 is 0 Å². The highest BCUT2D eigenvalue weighted by atomic mass is 16.5. The summed E-state index contributed by atoms with van der Waals surface area (Å²) < 4.78 is 5.98. The van der Waals surface area contributed by atoms with E-state index in [1.807, 2.05) is 30.3 Å². The monoisotopic (exact) mass is 349 g/mol. The number of rotatable bonds is 3. The quantitative estimate of drug-likeness (QED) is 0.789. The van der Waals surface area contributed by atoms with E-state index in [4.69, 9.17) is 4.74 Å². The summed E-state index contributed by atoms with van der Waals surface area (Å²) in [6.07, 6.45) is 5.06. The molecule has 132 valence electrons. The van der Waals surface area contributed by atoms with Crippen LogP contribution in [-0.2, 0) is 0 Å². The van der Waals surface area contributed by atoms with Gasteiger partial charge in [0.25, 0.3) is 5.91 Å². The van der Waals surface area contributed by atoms with Crippen molar-refractivity contribution in [3.05, 3.63) is 70.8 Å². The van der Waals surface area contributed by atoms with Crippen LogP contribution in [0.3, 0.4) is 0 Å². The summed E-state index contributed by atoms with van der Waals surface area (Å²) in [5.41, 5.74) is 0.840. The van der Waals surface area contributed by atoms with Gasteiger partial charge >= 0.3 is 0 Å². The number of carbonyl (C=O) groups is 1. The zero-order valence-corrected chi connectivity index (χ0v) is 14.2. The van der Waals surface area contributed by atoms with Crippen molar-refractivity contribution in [2.45, 2.75) is 18.9 Å². The second-order valence-corrected chi connectivity index (χ2v) is 6.41. The maximum Gasteiger partial charge on any atom is 0.254 e. The van der Waals surface area contributed by atoms with Crippen molar-refractivity contribution in [3.8, 4) is 5.75 Å². The van der Waals surface area contributed by atoms with Gasteiger partial charge in [-0.1, -0.05) is 18.2 Å². The molecule has 1 amide bonds. The molecule has 0 radical (unpaired) electrons. The van der Waals surface area contributed by atoms with Gasteiger partial charge in [0.1, 0.15) is 11.9 Å². The van der Waals surface area contributed by atoms with E-state index in [2.05, 4.69) is 9.97 Å². The third-order valence-corrected chi connectivity index (χ3v) is 4.60. The molecule has 26 heavy (non-hydrogen) atoms. The second kappa shape index (κ2) is 7.00. The lowest BCUT2D eigenvalue weighted by Crippen LogP contribution is -2.44. The molecule has 6 nitrogen and oxygen atoms in total. The van der Waals surface area contributed by atoms with E-state index in [1.165, 1.54) is 6.07 Å². The number of para-hydroxylation sites is 1. The zero-order valence-electron chi connectivity index (χ0n) is 14.2. The highest BCUT2D eigenvalue weighted by Crippen LogP contribution is 2.21. The molecular formula is C20H19N3O3. The Labute approximate surface area is 150 Å². The first-order valence-corrected chi connectivity index (χ1v) is 8.69. The van der Waals surface area contributed by atoms with Crippen molar-refractivity contribution >= 4 is 16.8 Å². The number of piperidine rings is 1. The molecule has 0 saturated carbocycles. The highest BCUT2D eigenvalue weighted by molar-refractivity contribution is 6.05. The topological polar surface area (TPSA) is 75.3 Å². The lowest BCUT2D eigenvalue weighted by molar-refractivity contribution is 0.0539. The number of benzene rings is 1. The SMILES string of the molecule is O=C(c1cc(=O)[nH]c2ccccc12)N1CCCC(Oc2ccncc2)C1. The van der Waals surface area contributed by atoms with Crippen molar-refractivity contribution in [1.29, 1.82) is 0 Å². The van der Waals surface area contributed by atoms with Gasteiger partial charge < -0.3 is 14.6 Å². The van der Waals surface area contributed by atoms with Gasteiger partial charge in [-0.25, -0.2) is 0 Å². The zero-order chi connectivity index (χ0) is 17.9. The molecule has 1 aromatic carbocycles. The number of hydrogen-bond acceptors (Lipinski definition) is 4. The number of ether oxygens (including phenoxy) is 1. The number of H-pyrrole nitrogens is 1. The smallest absolute Gasteiger partial charge is 0.254 e. The van der Waals surface area contributed by atoms with Crippen molar-refractivity contribution < 1.29 is 9.53 Å². The molecule has 2 aromatic heterocycles. The van der Waals surface area contributed by atoms with Crippen LogP contribution in [-0.4, -0.2) is 40.0 Å². The summed E-state index contributed by atoms with van der Waals surface area (Å²) in [7, 11) is 0. The average Bonchev–Trinajstić information content (AvgIpc) is 2.68. The number of pyridine rings is 2. The third kappa shape index (κ3) is 3.31. The number of aromatic nitrogens is 2. The first-order chi connectivity index (χ1) is 12.7. The van der Waals surface area contributed by atoms with Crippen LogP contribution in [0.15, 0.2) is 59.7 Å². The number of amides is 1. The molecule has 3 heterocycles. The Balaban J connectivity index is 1.57. The van der Waals surface area contributed by atoms with Gasteiger partial charge in [-0.2, -0.15) is 0 Å². The fourth-order valence-corrected chi connectivity index (χ4v) is 3.38. The molecule has 1 fully saturated rings. The van der Waals surface area contributed by atoms with Gasteiger partial charge in [0.15, 0.2) is 0 Å². The van der Waals surface area contributed by atoms with Gasteiger partial charge in [-0.15, -0.1) is 0 Å². The summed E-state index contributed by atoms with van der Waals surface area (Å²) in [5.74, 6) is 0.622. The summed E-state index contributed by atoms with van der Waals surface area (Å²) in [4.78, 5) is 33.5. The molecule has 1 saturated heterocycles. The normalized spacial score (nSPS) is 17.2. The van der Waals surface area contributed by atoms with E-state index in [0.717, 1.165) is 24.0 Å². The molecule has 0 aliphatic carbocycles. The minimum Gasteiger partial charge on any atom is -0.488 e. The van der Waals surface area contributed by atoms with E-state index >= 15 is 0 Å². The van der Waals surface area contributed by atoms with Crippen LogP contribution in [0.1, 0.15) is 23.2 Å². The molecule has 0 spiro atoms. The van der Waals surface area contributed by atoms with Gasteiger partial charge in [-0.3, -0.25) is 14.6 Å². The lowest BCUT2D eigenvalue weighted by Gasteiger charge is -2.33. The molecule has 1 aliphatic heterocycles. The molecule has 1 N–H and O–H groups in total. The van der Waals surface area contributed by atoms with Crippen molar-refractivity contribution in [2.24, 2.45) is 0 Å². The molecule has 1 unspecified atom stereocenters. The molecule has 0 bridgehead atoms. The molecule has 3 aromatic rings. The predicted octanol–water partition coefficient (Wildman–Crippen LogP) is 2.61. The van der Waals surface area contributed by atoms with Crippen molar-refractivity contribution in [2.75, 3.05) is 13.1 Å². The van der Waals surface area contributed by atoms with Crippen LogP contribution in [0.25, 0.3) is 10.9 Å². The van der Waals surface area contributed by atoms with E-state index in [0.29, 0.717) is 24.2 Å². The molecule has 1 aliphatic rings. The predicted molar refractivity (Wildman–Crippen MR) is 98.4 cm³/mol. The van der Waals surface area contributed by atoms with Crippen LogP contribution in [0.2, 0.25) is 0 Å². The lowest BCUT2D eigenvalue weighted by atomic mass is 10.0. The highest BCUT2D eigenvalue weighted by Gasteiger charge is 2.27. The van der Waals surface area contributed by atoms with Gasteiger partial charge in [0, 0.05) is 35.9 Å². The molecule has 4 rings (SSSR count). The Kier molecular flexibility index (Phi) is 4.39. The minimum absolute atomic E-state index is 0.0663. The van der Waals surface area contributed by atoms with Crippen LogP contribution in [0.4, 0.5) is 0 Å². The number of likely N-dealkylation sites (tertiary alicyclic amines) is 1. The Morgan fingerprint density at radius 1 is 1.19 bits per heavy atom. The molecule has 6 heteroatoms. The molecule has 1 atom stereocenters. The standard InChI is InChI=1S/C20H19N3O3/c24-19-12-17(16-5-1-2-6-18(16)22-19)20(25)23-11-3-4-15(13-23)26-14-7-9-21-10-8-14/h1-2,5-10,12,15H,3-4,11,13H2,(H,22,24). The maximum absolute atomic E-state index is 13.1. The van der Waals surface area contributed by atoms with Crippen molar-refractivity contribution in [1.82, 2.24) is 14.9 Å². The van der Waals surface area contributed by atoms with Gasteiger partial charge in [0.2, 0.25) is 5.56 Å². The number of nitrogens with one attached hydrogen (secondary N) is 1. The van der Waals surface area contributed by atoms with Crippen molar-refractivity contribution in [3.63, 3.8) is 0 Å². The first kappa shape index (κ1) is 16.3. The third-order valence-electron chi connectivity index (χ3n) is 4.60. The number of nitrogens with zero attached hydrogens (tertiary/aromatic N) is 2. The fraction of sp³-hybridized carbons (Fsp3) is 0.250. The average molecular weight is 349 g/mol. The number of aromatic amines is 1. The molecular weight excluding hydrogens is 330 g/mol. The first-order valence-electron chi connectivity index (χ1n) is 8.69. The number of hydrogen-bond donors (Lipinski definition) is 1. The van der Waals surface area contributed by atoms with Crippen LogP contribution < -0.4 is 10.3 Å². The number of fused-ring (bicyclic) bond motifs is 1. The Morgan fingerprint density at radius 3 is 2.85 bits per heavy atom. The largest absolute Gasteiger partial charge is 0.488 e. The van der Waals surface area contributed by atoms with E-state index in [9.17, 15) is 9.59 Å². The summed E-state index contributed by atoms with van der Waals surface area (Å²) in [6.45, 7) is 1.17. The van der Waals surface area contributed by atoms with E-state index in [1.54, 1.807) is 23.4 Å². The van der Waals surface area contributed by atoms with E-state index in [-0.39, 0.29) is 17.6 Å². The Bertz CT molecular complexity index is 984. The second-order valence-electron chi connectivity index (χ2n) is 6.41. The van der Waals surface area contributed by atoms with Crippen LogP contribution in [0, 0.1) is 0 Å². The fourth-order valence-electron chi connectivity index (χ4n) is 3.38. The van der Waals surface area contributed by atoms with E-state index < -0.39 is 0 Å². The Hall–Kier alpha value is -3.15. The summed E-state index contributed by atoms with van der Waals surface area (Å²) in [5, 5.41) is 0.759. The van der Waals surface area contributed by atoms with Gasteiger partial charge in [0.05, 0.1) is 12.1 Å². The van der Waals surface area contributed by atoms with Gasteiger partial charge in [-0.05, 0) is 31.0 Å².